The normalized spacial score (nSPS) is 11.9. The summed E-state index contributed by atoms with van der Waals surface area (Å²) >= 11 is 0. The summed E-state index contributed by atoms with van der Waals surface area (Å²) < 4.78 is 25.1. The number of hydrogen-bond donors (Lipinski definition) is 0. The van der Waals surface area contributed by atoms with Gasteiger partial charge in [-0.15, -0.1) is 0 Å². The summed E-state index contributed by atoms with van der Waals surface area (Å²) in [6.45, 7) is 0. The van der Waals surface area contributed by atoms with Crippen molar-refractivity contribution in [1.82, 2.24) is 24.1 Å². The van der Waals surface area contributed by atoms with Gasteiger partial charge in [0.15, 0.2) is 17.5 Å². The van der Waals surface area contributed by atoms with Gasteiger partial charge in [0.05, 0.1) is 22.1 Å². The minimum absolute atomic E-state index is 0.492. The van der Waals surface area contributed by atoms with Crippen molar-refractivity contribution < 1.29 is 13.3 Å². The highest BCUT2D eigenvalue weighted by molar-refractivity contribution is 6.18. The molecule has 6 aromatic heterocycles. The van der Waals surface area contributed by atoms with Crippen LogP contribution in [0.25, 0.3) is 244 Å². The maximum Gasteiger partial charge on any atom is 0.164 e. The number of rotatable bonds is 13. The van der Waals surface area contributed by atoms with Crippen LogP contribution in [-0.2, 0) is 0 Å². The molecule has 0 spiro atoms. The Morgan fingerprint density at radius 1 is 0.160 bits per heavy atom. The van der Waals surface area contributed by atoms with E-state index in [0.29, 0.717) is 17.5 Å². The Hall–Kier alpha value is -16.0. The van der Waals surface area contributed by atoms with Gasteiger partial charge in [0.25, 0.3) is 0 Å². The highest BCUT2D eigenvalue weighted by Gasteiger charge is 2.26. The molecule has 0 N–H and O–H groups in total. The zero-order valence-corrected chi connectivity index (χ0v) is 64.1. The van der Waals surface area contributed by atoms with Gasteiger partial charge in [-0.1, -0.05) is 261 Å². The second-order valence-electron chi connectivity index (χ2n) is 30.9. The molecule has 18 aromatic carbocycles. The van der Waals surface area contributed by atoms with Crippen molar-refractivity contribution in [3.8, 4) is 135 Å². The summed E-state index contributed by atoms with van der Waals surface area (Å²) in [5.41, 5.74) is 31.8. The zero-order valence-electron chi connectivity index (χ0n) is 64.1. The van der Waals surface area contributed by atoms with Gasteiger partial charge in [-0.25, -0.2) is 15.0 Å². The molecular formula is C111H67N5O3. The second-order valence-corrected chi connectivity index (χ2v) is 30.9. The highest BCUT2D eigenvalue weighted by Crippen LogP contribution is 2.47. The number of nitrogens with zero attached hydrogens (tertiary/aromatic N) is 5. The first-order valence-corrected chi connectivity index (χ1v) is 40.3. The fourth-order valence-corrected chi connectivity index (χ4v) is 18.4. The molecule has 0 saturated carbocycles. The summed E-state index contributed by atoms with van der Waals surface area (Å²) in [6, 6.07) is 145. The Balaban J connectivity index is 0.620. The van der Waals surface area contributed by atoms with Gasteiger partial charge in [-0.3, -0.25) is 0 Å². The number of benzene rings is 18. The topological polar surface area (TPSA) is 88.0 Å². The molecule has 0 fully saturated rings. The smallest absolute Gasteiger partial charge is 0.164 e. The maximum atomic E-state index is 6.87. The number of furan rings is 3. The Morgan fingerprint density at radius 3 is 0.815 bits per heavy atom. The maximum absolute atomic E-state index is 6.87. The molecule has 8 heteroatoms. The summed E-state index contributed by atoms with van der Waals surface area (Å²) in [6.07, 6.45) is 0. The third-order valence-corrected chi connectivity index (χ3v) is 23.9. The third-order valence-electron chi connectivity index (χ3n) is 23.9. The van der Waals surface area contributed by atoms with Crippen molar-refractivity contribution in [1.29, 1.82) is 0 Å². The number of aromatic nitrogens is 5. The number of para-hydroxylation sites is 3. The van der Waals surface area contributed by atoms with Crippen LogP contribution in [0.15, 0.2) is 420 Å². The van der Waals surface area contributed by atoms with Crippen LogP contribution < -0.4 is 0 Å². The molecule has 0 bridgehead atoms. The Labute approximate surface area is 683 Å². The van der Waals surface area contributed by atoms with Crippen molar-refractivity contribution in [2.75, 3.05) is 0 Å². The second kappa shape index (κ2) is 27.3. The van der Waals surface area contributed by atoms with Crippen LogP contribution in [-0.4, -0.2) is 24.1 Å². The monoisotopic (exact) mass is 1520 g/mol. The first-order valence-electron chi connectivity index (χ1n) is 40.3. The molecule has 0 amide bonds. The van der Waals surface area contributed by atoms with Crippen LogP contribution >= 0.6 is 0 Å². The predicted octanol–water partition coefficient (Wildman–Crippen LogP) is 30.1. The van der Waals surface area contributed by atoms with E-state index in [9.17, 15) is 0 Å². The molecule has 24 aromatic rings. The van der Waals surface area contributed by atoms with Crippen molar-refractivity contribution in [2.24, 2.45) is 0 Å². The van der Waals surface area contributed by atoms with Gasteiger partial charge in [-0.05, 0) is 235 Å². The van der Waals surface area contributed by atoms with Crippen LogP contribution in [0.5, 0.6) is 0 Å². The van der Waals surface area contributed by atoms with E-state index in [1.165, 1.54) is 55.3 Å². The van der Waals surface area contributed by atoms with Gasteiger partial charge < -0.3 is 22.4 Å². The van der Waals surface area contributed by atoms with Crippen LogP contribution in [0.4, 0.5) is 0 Å². The van der Waals surface area contributed by atoms with Gasteiger partial charge >= 0.3 is 0 Å². The Morgan fingerprint density at radius 2 is 0.429 bits per heavy atom. The van der Waals surface area contributed by atoms with Gasteiger partial charge in [0, 0.05) is 81.9 Å². The molecule has 0 atom stereocenters. The first-order chi connectivity index (χ1) is 58.9. The highest BCUT2D eigenvalue weighted by atomic mass is 16.3. The molecule has 24 rings (SSSR count). The molecule has 6 heterocycles. The van der Waals surface area contributed by atoms with E-state index in [-0.39, 0.29) is 0 Å². The fraction of sp³-hybridized carbons (Fsp3) is 0. The molecule has 0 aliphatic heterocycles. The molecule has 554 valence electrons. The van der Waals surface area contributed by atoms with Gasteiger partial charge in [0.2, 0.25) is 0 Å². The lowest BCUT2D eigenvalue weighted by atomic mass is 9.93. The van der Waals surface area contributed by atoms with Crippen LogP contribution in [0, 0.1) is 0 Å². The van der Waals surface area contributed by atoms with E-state index in [1.54, 1.807) is 0 Å². The van der Waals surface area contributed by atoms with Crippen molar-refractivity contribution >= 4 is 109 Å². The average molecular weight is 1520 g/mol. The lowest BCUT2D eigenvalue weighted by Gasteiger charge is -2.14. The molecule has 0 unspecified atom stereocenters. The van der Waals surface area contributed by atoms with Gasteiger partial charge in [0.1, 0.15) is 33.5 Å². The zero-order chi connectivity index (χ0) is 78.2. The molecule has 119 heavy (non-hydrogen) atoms. The average Bonchev–Trinajstić information content (AvgIpc) is 1.64. The van der Waals surface area contributed by atoms with Crippen molar-refractivity contribution in [3.63, 3.8) is 0 Å². The molecule has 0 saturated heterocycles. The largest absolute Gasteiger partial charge is 0.456 e. The lowest BCUT2D eigenvalue weighted by Crippen LogP contribution is -2.01. The molecule has 0 aliphatic carbocycles. The summed E-state index contributed by atoms with van der Waals surface area (Å²) in [5.74, 6) is 1.48. The molecular weight excluding hydrogens is 1450 g/mol. The summed E-state index contributed by atoms with van der Waals surface area (Å²) in [4.78, 5) is 16.7. The van der Waals surface area contributed by atoms with Gasteiger partial charge in [-0.2, -0.15) is 0 Å². The Kier molecular flexibility index (Phi) is 15.5. The van der Waals surface area contributed by atoms with Crippen LogP contribution in [0.3, 0.4) is 0 Å². The van der Waals surface area contributed by atoms with Crippen LogP contribution in [0.2, 0.25) is 0 Å². The minimum atomic E-state index is 0.492. The third kappa shape index (κ3) is 11.4. The van der Waals surface area contributed by atoms with E-state index < -0.39 is 0 Å². The number of fused-ring (bicyclic) bond motifs is 15. The minimum Gasteiger partial charge on any atom is -0.456 e. The van der Waals surface area contributed by atoms with E-state index in [4.69, 9.17) is 28.2 Å². The quantitative estimate of drug-likeness (QED) is 0.114. The van der Waals surface area contributed by atoms with Crippen molar-refractivity contribution in [3.05, 3.63) is 406 Å². The van der Waals surface area contributed by atoms with E-state index >= 15 is 0 Å². The number of hydrogen-bond acceptors (Lipinski definition) is 6. The molecule has 0 radical (unpaired) electrons. The summed E-state index contributed by atoms with van der Waals surface area (Å²) in [7, 11) is 0. The fourth-order valence-electron chi connectivity index (χ4n) is 18.4. The first kappa shape index (κ1) is 67.5. The predicted molar refractivity (Wildman–Crippen MR) is 490 cm³/mol. The van der Waals surface area contributed by atoms with Crippen LogP contribution in [0.1, 0.15) is 0 Å². The molecule has 0 aliphatic rings. The van der Waals surface area contributed by atoms with Crippen molar-refractivity contribution in [2.45, 2.75) is 0 Å². The van der Waals surface area contributed by atoms with E-state index in [0.717, 1.165) is 171 Å². The SMILES string of the molecule is c1ccc(-c2cc(-c3ccccc3)cc(-c3cccc(-n4c5ccccc5c5cc(-c6ccc7oc8cccc(-c9nc(-c%10cccc%11oc%12ccccc%12c%10%11)nc(-c%10cccc%11oc%12ccc(-c%13ccc%14c(c%13)c%13ccccc%13n%14-c%13cccc(-c%14cc(-c%15ccccc%15)cc(-c%15ccccc%15)c%14)c%13)cc%12c%10%11)n9)c8c7c6)ccc54)c3)c2)cc1. The van der Waals surface area contributed by atoms with E-state index in [2.05, 4.69) is 361 Å². The Bertz CT molecular complexity index is 7690. The lowest BCUT2D eigenvalue weighted by molar-refractivity contribution is 0.668. The molecule has 8 nitrogen and oxygen atoms in total. The van der Waals surface area contributed by atoms with E-state index in [1.807, 2.05) is 54.6 Å². The summed E-state index contributed by atoms with van der Waals surface area (Å²) in [5, 5.41) is 10.2. The standard InChI is InChI=1S/C111H67N5O3/c1-5-24-68(25-6-1)78-56-79(69-26-7-2-8-27-69)59-82(58-78)72-32-19-34-84(62-72)115-96-42-16-13-36-86(96)92-64-74(48-52-98(92)115)76-50-54-101-94(66-76)107-90(40-22-46-104(107)118-101)110-112-109(89-39-21-45-103-106(89)88-38-15-18-44-100(88)117-103)113-111(114-110)91-41-23-47-105-108(91)95-67-77(51-55-102(95)119-105)75-49-53-99-93(65-75)87-37-14-17-43-97(87)116(99)85-35-20-33-73(63-85)83-60-80(70-28-9-3-10-29-70)57-81(61-83)71-30-11-4-12-31-71/h1-67H.